The van der Waals surface area contributed by atoms with Crippen LogP contribution in [0.3, 0.4) is 0 Å². The van der Waals surface area contributed by atoms with E-state index in [2.05, 4.69) is 34.2 Å². The summed E-state index contributed by atoms with van der Waals surface area (Å²) in [4.78, 5) is 21.8. The molecule has 148 valence electrons. The van der Waals surface area contributed by atoms with Crippen molar-refractivity contribution in [3.63, 3.8) is 0 Å². The molecule has 2 aromatic heterocycles. The molecular formula is C26H22N2O2. The van der Waals surface area contributed by atoms with Crippen molar-refractivity contribution in [3.8, 4) is 11.1 Å². The predicted octanol–water partition coefficient (Wildman–Crippen LogP) is 5.55. The highest BCUT2D eigenvalue weighted by Gasteiger charge is 2.26. The number of esters is 1. The van der Waals surface area contributed by atoms with Gasteiger partial charge in [0.05, 0.1) is 23.9 Å². The smallest absolute Gasteiger partial charge is 0.339 e. The summed E-state index contributed by atoms with van der Waals surface area (Å²) < 4.78 is 5.04. The molecule has 0 spiro atoms. The van der Waals surface area contributed by atoms with Gasteiger partial charge in [-0.3, -0.25) is 9.97 Å². The third-order valence-electron chi connectivity index (χ3n) is 5.74. The number of nitrogens with zero attached hydrogens (tertiary/aromatic N) is 2. The zero-order valence-electron chi connectivity index (χ0n) is 16.8. The van der Waals surface area contributed by atoms with E-state index >= 15 is 0 Å². The zero-order valence-corrected chi connectivity index (χ0v) is 16.8. The van der Waals surface area contributed by atoms with Gasteiger partial charge in [-0.15, -0.1) is 0 Å². The fraction of sp³-hybridized carbons (Fsp3) is 0.192. The molecule has 4 nitrogen and oxygen atoms in total. The van der Waals surface area contributed by atoms with Crippen LogP contribution in [0.4, 0.5) is 0 Å². The Morgan fingerprint density at radius 1 is 1.03 bits per heavy atom. The Kier molecular flexibility index (Phi) is 4.75. The lowest BCUT2D eigenvalue weighted by Gasteiger charge is -2.12. The summed E-state index contributed by atoms with van der Waals surface area (Å²) in [5.74, 6) is 0.195. The number of methoxy groups -OCH3 is 1. The van der Waals surface area contributed by atoms with Gasteiger partial charge in [-0.25, -0.2) is 4.79 Å². The molecule has 0 unspecified atom stereocenters. The van der Waals surface area contributed by atoms with Crippen LogP contribution in [-0.4, -0.2) is 23.0 Å². The molecule has 0 saturated heterocycles. The van der Waals surface area contributed by atoms with E-state index in [1.807, 2.05) is 48.8 Å². The number of benzene rings is 2. The second-order valence-electron chi connectivity index (χ2n) is 7.74. The molecule has 0 bridgehead atoms. The standard InChI is InChI=1S/C26H22N2O2/c1-30-26(29)23-14-20(17-10-11-17)16-28-24(23)15-19-8-5-9-22-21(12-13-27-25(19)22)18-6-3-2-4-7-18/h2-9,12-14,16-17H,10-11,15H2,1H3. The van der Waals surface area contributed by atoms with E-state index in [0.717, 1.165) is 51.7 Å². The minimum atomic E-state index is -0.335. The van der Waals surface area contributed by atoms with Crippen molar-refractivity contribution in [1.29, 1.82) is 0 Å². The first kappa shape index (κ1) is 18.5. The SMILES string of the molecule is COC(=O)c1cc(C2CC2)cnc1Cc1cccc2c(-c3ccccc3)ccnc12. The number of hydrogen-bond donors (Lipinski definition) is 0. The van der Waals surface area contributed by atoms with E-state index in [0.29, 0.717) is 17.9 Å². The minimum Gasteiger partial charge on any atom is -0.465 e. The van der Waals surface area contributed by atoms with Gasteiger partial charge in [0.1, 0.15) is 0 Å². The zero-order chi connectivity index (χ0) is 20.5. The molecular weight excluding hydrogens is 372 g/mol. The van der Waals surface area contributed by atoms with E-state index in [4.69, 9.17) is 4.74 Å². The Hall–Kier alpha value is -3.53. The highest BCUT2D eigenvalue weighted by atomic mass is 16.5. The van der Waals surface area contributed by atoms with Gasteiger partial charge < -0.3 is 4.74 Å². The first-order valence-corrected chi connectivity index (χ1v) is 10.2. The van der Waals surface area contributed by atoms with Crippen LogP contribution in [0, 0.1) is 0 Å². The van der Waals surface area contributed by atoms with Crippen molar-refractivity contribution in [2.75, 3.05) is 7.11 Å². The van der Waals surface area contributed by atoms with Gasteiger partial charge in [-0.1, -0.05) is 48.5 Å². The number of carbonyl (C=O) groups excluding carboxylic acids is 1. The van der Waals surface area contributed by atoms with Gasteiger partial charge in [0.15, 0.2) is 0 Å². The molecule has 4 heteroatoms. The Morgan fingerprint density at radius 3 is 2.63 bits per heavy atom. The van der Waals surface area contributed by atoms with Gasteiger partial charge >= 0.3 is 5.97 Å². The van der Waals surface area contributed by atoms with Gasteiger partial charge in [-0.2, -0.15) is 0 Å². The molecule has 1 aliphatic rings. The third kappa shape index (κ3) is 3.45. The summed E-state index contributed by atoms with van der Waals surface area (Å²) in [5.41, 5.74) is 6.69. The molecule has 0 aliphatic heterocycles. The van der Waals surface area contributed by atoms with Gasteiger partial charge in [0, 0.05) is 24.2 Å². The molecule has 5 rings (SSSR count). The number of hydrogen-bond acceptors (Lipinski definition) is 4. The number of pyridine rings is 2. The Balaban J connectivity index is 1.59. The van der Waals surface area contributed by atoms with Crippen molar-refractivity contribution < 1.29 is 9.53 Å². The van der Waals surface area contributed by atoms with Crippen molar-refractivity contribution in [1.82, 2.24) is 9.97 Å². The Labute approximate surface area is 175 Å². The number of fused-ring (bicyclic) bond motifs is 1. The average molecular weight is 394 g/mol. The first-order chi connectivity index (χ1) is 14.7. The summed E-state index contributed by atoms with van der Waals surface area (Å²) in [6.07, 6.45) is 6.61. The van der Waals surface area contributed by atoms with E-state index in [1.165, 1.54) is 7.11 Å². The molecule has 2 aromatic carbocycles. The molecule has 2 heterocycles. The summed E-state index contributed by atoms with van der Waals surface area (Å²) in [6, 6.07) is 20.5. The molecule has 0 radical (unpaired) electrons. The summed E-state index contributed by atoms with van der Waals surface area (Å²) in [5, 5.41) is 1.09. The molecule has 1 fully saturated rings. The maximum Gasteiger partial charge on any atom is 0.339 e. The molecule has 1 saturated carbocycles. The van der Waals surface area contributed by atoms with E-state index in [9.17, 15) is 4.79 Å². The van der Waals surface area contributed by atoms with Gasteiger partial charge in [-0.05, 0) is 53.1 Å². The van der Waals surface area contributed by atoms with Crippen LogP contribution in [-0.2, 0) is 11.2 Å². The van der Waals surface area contributed by atoms with Crippen LogP contribution in [0.15, 0.2) is 73.1 Å². The monoisotopic (exact) mass is 394 g/mol. The maximum absolute atomic E-state index is 12.4. The summed E-state index contributed by atoms with van der Waals surface area (Å²) >= 11 is 0. The van der Waals surface area contributed by atoms with Crippen LogP contribution in [0.25, 0.3) is 22.0 Å². The van der Waals surface area contributed by atoms with Crippen molar-refractivity contribution in [2.24, 2.45) is 0 Å². The summed E-state index contributed by atoms with van der Waals surface area (Å²) in [7, 11) is 1.42. The molecule has 0 atom stereocenters. The number of aromatic nitrogens is 2. The van der Waals surface area contributed by atoms with Crippen LogP contribution in [0.2, 0.25) is 0 Å². The summed E-state index contributed by atoms with van der Waals surface area (Å²) in [6.45, 7) is 0. The number of rotatable bonds is 5. The maximum atomic E-state index is 12.4. The number of para-hydroxylation sites is 1. The van der Waals surface area contributed by atoms with Crippen LogP contribution < -0.4 is 0 Å². The number of ether oxygens (including phenoxy) is 1. The molecule has 30 heavy (non-hydrogen) atoms. The highest BCUT2D eigenvalue weighted by molar-refractivity contribution is 5.96. The van der Waals surface area contributed by atoms with Crippen LogP contribution >= 0.6 is 0 Å². The van der Waals surface area contributed by atoms with E-state index in [-0.39, 0.29) is 5.97 Å². The van der Waals surface area contributed by atoms with Gasteiger partial charge in [0.25, 0.3) is 0 Å². The minimum absolute atomic E-state index is 0.335. The quantitative estimate of drug-likeness (QED) is 0.416. The largest absolute Gasteiger partial charge is 0.465 e. The molecule has 0 amide bonds. The average Bonchev–Trinajstić information content (AvgIpc) is 3.65. The fourth-order valence-corrected chi connectivity index (χ4v) is 4.01. The Morgan fingerprint density at radius 2 is 1.87 bits per heavy atom. The lowest BCUT2D eigenvalue weighted by molar-refractivity contribution is 0.0599. The van der Waals surface area contributed by atoms with E-state index < -0.39 is 0 Å². The molecule has 1 aliphatic carbocycles. The topological polar surface area (TPSA) is 52.1 Å². The van der Waals surface area contributed by atoms with Gasteiger partial charge in [0.2, 0.25) is 0 Å². The molecule has 4 aromatic rings. The highest BCUT2D eigenvalue weighted by Crippen LogP contribution is 2.40. The van der Waals surface area contributed by atoms with Crippen molar-refractivity contribution in [3.05, 3.63) is 95.4 Å². The predicted molar refractivity (Wildman–Crippen MR) is 118 cm³/mol. The van der Waals surface area contributed by atoms with Crippen LogP contribution in [0.5, 0.6) is 0 Å². The van der Waals surface area contributed by atoms with Crippen LogP contribution in [0.1, 0.15) is 45.9 Å². The lowest BCUT2D eigenvalue weighted by Crippen LogP contribution is -2.09. The fourth-order valence-electron chi connectivity index (χ4n) is 4.01. The first-order valence-electron chi connectivity index (χ1n) is 10.2. The van der Waals surface area contributed by atoms with Crippen molar-refractivity contribution in [2.45, 2.75) is 25.2 Å². The van der Waals surface area contributed by atoms with E-state index in [1.54, 1.807) is 0 Å². The van der Waals surface area contributed by atoms with Crippen molar-refractivity contribution >= 4 is 16.9 Å². The Bertz CT molecular complexity index is 1230. The number of carbonyl (C=O) groups is 1. The second kappa shape index (κ2) is 7.71. The molecule has 0 N–H and O–H groups in total. The normalized spacial score (nSPS) is 13.4. The third-order valence-corrected chi connectivity index (χ3v) is 5.74. The lowest BCUT2D eigenvalue weighted by atomic mass is 9.96. The second-order valence-corrected chi connectivity index (χ2v) is 7.74.